The molecule has 0 bridgehead atoms. The number of urea groups is 1. The van der Waals surface area contributed by atoms with Gasteiger partial charge in [-0.25, -0.2) is 9.18 Å². The van der Waals surface area contributed by atoms with E-state index in [9.17, 15) is 9.18 Å². The fraction of sp³-hybridized carbons (Fsp3) is 0.533. The number of amides is 2. The first kappa shape index (κ1) is 16.4. The first-order valence-electron chi connectivity index (χ1n) is 6.99. The second-order valence-corrected chi connectivity index (χ2v) is 4.99. The molecule has 0 aliphatic carbocycles. The number of carbonyl (C=O) groups excluding carboxylic acids is 1. The topological polar surface area (TPSA) is 61.4 Å². The Morgan fingerprint density at radius 2 is 2.20 bits per heavy atom. The van der Waals surface area contributed by atoms with Gasteiger partial charge in [0.1, 0.15) is 5.82 Å². The normalized spacial score (nSPS) is 11.9. The third-order valence-electron chi connectivity index (χ3n) is 3.05. The Bertz CT molecular complexity index is 413. The molecule has 20 heavy (non-hydrogen) atoms. The highest BCUT2D eigenvalue weighted by atomic mass is 19.1. The van der Waals surface area contributed by atoms with Gasteiger partial charge >= 0.3 is 6.03 Å². The van der Waals surface area contributed by atoms with E-state index in [0.29, 0.717) is 19.5 Å². The number of nitrogens with one attached hydrogen (secondary N) is 2. The summed E-state index contributed by atoms with van der Waals surface area (Å²) in [5, 5.41) is 14.3. The molecule has 1 unspecified atom stereocenters. The van der Waals surface area contributed by atoms with E-state index in [2.05, 4.69) is 10.6 Å². The monoisotopic (exact) mass is 282 g/mol. The van der Waals surface area contributed by atoms with E-state index in [1.54, 1.807) is 6.07 Å². The quantitative estimate of drug-likeness (QED) is 0.639. The summed E-state index contributed by atoms with van der Waals surface area (Å²) in [5.41, 5.74) is 0.934. The Morgan fingerprint density at radius 1 is 1.40 bits per heavy atom. The van der Waals surface area contributed by atoms with E-state index in [1.807, 2.05) is 13.0 Å². The van der Waals surface area contributed by atoms with Crippen molar-refractivity contribution < 1.29 is 14.3 Å². The summed E-state index contributed by atoms with van der Waals surface area (Å²) in [6, 6.07) is 6.29. The van der Waals surface area contributed by atoms with Gasteiger partial charge in [-0.3, -0.25) is 0 Å². The van der Waals surface area contributed by atoms with Crippen molar-refractivity contribution in [3.8, 4) is 0 Å². The molecule has 0 saturated carbocycles. The zero-order chi connectivity index (χ0) is 14.8. The van der Waals surface area contributed by atoms with Gasteiger partial charge in [-0.2, -0.15) is 0 Å². The first-order valence-corrected chi connectivity index (χ1v) is 6.99. The van der Waals surface area contributed by atoms with Gasteiger partial charge in [0.05, 0.1) is 0 Å². The zero-order valence-corrected chi connectivity index (χ0v) is 11.9. The molecule has 1 aromatic carbocycles. The highest BCUT2D eigenvalue weighted by molar-refractivity contribution is 5.73. The number of aliphatic hydroxyl groups excluding tert-OH is 1. The van der Waals surface area contributed by atoms with Gasteiger partial charge in [-0.05, 0) is 42.9 Å². The highest BCUT2D eigenvalue weighted by Gasteiger charge is 2.04. The lowest BCUT2D eigenvalue weighted by Crippen LogP contribution is -2.38. The highest BCUT2D eigenvalue weighted by Crippen LogP contribution is 2.05. The summed E-state index contributed by atoms with van der Waals surface area (Å²) in [7, 11) is 0. The average Bonchev–Trinajstić information content (AvgIpc) is 2.42. The van der Waals surface area contributed by atoms with E-state index in [1.165, 1.54) is 12.1 Å². The standard InChI is InChI=1S/C15H23FN2O2/c1-12(7-9-19)11-18-15(20)17-8-3-5-13-4-2-6-14(16)10-13/h2,4,6,10,12,19H,3,5,7-9,11H2,1H3,(H2,17,18,20). The molecule has 5 heteroatoms. The molecule has 0 spiro atoms. The second kappa shape index (κ2) is 9.31. The van der Waals surface area contributed by atoms with E-state index < -0.39 is 0 Å². The minimum Gasteiger partial charge on any atom is -0.396 e. The molecule has 0 saturated heterocycles. The van der Waals surface area contributed by atoms with Crippen molar-refractivity contribution in [3.05, 3.63) is 35.6 Å². The molecule has 112 valence electrons. The summed E-state index contributed by atoms with van der Waals surface area (Å²) in [6.45, 7) is 3.21. The van der Waals surface area contributed by atoms with Crippen molar-refractivity contribution in [2.24, 2.45) is 5.92 Å². The Hall–Kier alpha value is -1.62. The molecule has 2 amide bonds. The lowest BCUT2D eigenvalue weighted by atomic mass is 10.1. The Balaban J connectivity index is 2.10. The van der Waals surface area contributed by atoms with Crippen molar-refractivity contribution in [1.29, 1.82) is 0 Å². The molecule has 1 atom stereocenters. The van der Waals surface area contributed by atoms with E-state index in [4.69, 9.17) is 5.11 Å². The molecule has 0 aliphatic rings. The van der Waals surface area contributed by atoms with Crippen LogP contribution in [0.15, 0.2) is 24.3 Å². The largest absolute Gasteiger partial charge is 0.396 e. The Labute approximate surface area is 119 Å². The van der Waals surface area contributed by atoms with Crippen LogP contribution in [0, 0.1) is 11.7 Å². The van der Waals surface area contributed by atoms with Gasteiger partial charge < -0.3 is 15.7 Å². The first-order chi connectivity index (χ1) is 9.61. The van der Waals surface area contributed by atoms with Crippen LogP contribution in [0.2, 0.25) is 0 Å². The van der Waals surface area contributed by atoms with Crippen LogP contribution in [0.5, 0.6) is 0 Å². The summed E-state index contributed by atoms with van der Waals surface area (Å²) < 4.78 is 12.9. The molecule has 0 aromatic heterocycles. The molecule has 0 heterocycles. The number of hydrogen-bond donors (Lipinski definition) is 3. The van der Waals surface area contributed by atoms with Crippen LogP contribution < -0.4 is 10.6 Å². The molecular weight excluding hydrogens is 259 g/mol. The SMILES string of the molecule is CC(CCO)CNC(=O)NCCCc1cccc(F)c1. The van der Waals surface area contributed by atoms with Gasteiger partial charge in [-0.15, -0.1) is 0 Å². The number of carbonyl (C=O) groups is 1. The van der Waals surface area contributed by atoms with Crippen LogP contribution in [0.25, 0.3) is 0 Å². The zero-order valence-electron chi connectivity index (χ0n) is 11.9. The maximum Gasteiger partial charge on any atom is 0.314 e. The van der Waals surface area contributed by atoms with Crippen molar-refractivity contribution in [1.82, 2.24) is 10.6 Å². The third-order valence-corrected chi connectivity index (χ3v) is 3.05. The fourth-order valence-corrected chi connectivity index (χ4v) is 1.84. The Morgan fingerprint density at radius 3 is 2.90 bits per heavy atom. The predicted molar refractivity (Wildman–Crippen MR) is 77.0 cm³/mol. The van der Waals surface area contributed by atoms with Crippen molar-refractivity contribution in [2.75, 3.05) is 19.7 Å². The van der Waals surface area contributed by atoms with Crippen molar-refractivity contribution in [3.63, 3.8) is 0 Å². The van der Waals surface area contributed by atoms with Crippen molar-refractivity contribution in [2.45, 2.75) is 26.2 Å². The van der Waals surface area contributed by atoms with Crippen LogP contribution in [0.1, 0.15) is 25.3 Å². The van der Waals surface area contributed by atoms with E-state index in [0.717, 1.165) is 18.4 Å². The van der Waals surface area contributed by atoms with Crippen LogP contribution in [0.3, 0.4) is 0 Å². The minimum absolute atomic E-state index is 0.137. The summed E-state index contributed by atoms with van der Waals surface area (Å²) in [5.74, 6) is 0.0316. The van der Waals surface area contributed by atoms with Crippen molar-refractivity contribution >= 4 is 6.03 Å². The minimum atomic E-state index is -0.230. The number of aliphatic hydroxyl groups is 1. The van der Waals surface area contributed by atoms with Gasteiger partial charge in [0, 0.05) is 19.7 Å². The number of hydrogen-bond acceptors (Lipinski definition) is 2. The van der Waals surface area contributed by atoms with Gasteiger partial charge in [0.15, 0.2) is 0 Å². The maximum absolute atomic E-state index is 12.9. The molecule has 1 rings (SSSR count). The lowest BCUT2D eigenvalue weighted by molar-refractivity contribution is 0.234. The second-order valence-electron chi connectivity index (χ2n) is 4.99. The average molecular weight is 282 g/mol. The molecule has 0 aliphatic heterocycles. The number of aryl methyl sites for hydroxylation is 1. The van der Waals surface area contributed by atoms with Gasteiger partial charge in [0.2, 0.25) is 0 Å². The molecule has 4 nitrogen and oxygen atoms in total. The third kappa shape index (κ3) is 7.09. The summed E-state index contributed by atoms with van der Waals surface area (Å²) in [6.07, 6.45) is 2.18. The molecule has 3 N–H and O–H groups in total. The molecule has 0 radical (unpaired) electrons. The van der Waals surface area contributed by atoms with Gasteiger partial charge in [-0.1, -0.05) is 19.1 Å². The lowest BCUT2D eigenvalue weighted by Gasteiger charge is -2.12. The molecule has 0 fully saturated rings. The smallest absolute Gasteiger partial charge is 0.314 e. The summed E-state index contributed by atoms with van der Waals surface area (Å²) >= 11 is 0. The van der Waals surface area contributed by atoms with Crippen LogP contribution in [0.4, 0.5) is 9.18 Å². The number of rotatable bonds is 8. The van der Waals surface area contributed by atoms with E-state index in [-0.39, 0.29) is 24.4 Å². The molecule has 1 aromatic rings. The summed E-state index contributed by atoms with van der Waals surface area (Å²) in [4.78, 5) is 11.5. The van der Waals surface area contributed by atoms with Crippen LogP contribution in [-0.4, -0.2) is 30.8 Å². The number of benzene rings is 1. The van der Waals surface area contributed by atoms with Crippen LogP contribution in [-0.2, 0) is 6.42 Å². The fourth-order valence-electron chi connectivity index (χ4n) is 1.84. The Kier molecular flexibility index (Phi) is 7.65. The van der Waals surface area contributed by atoms with Crippen LogP contribution >= 0.6 is 0 Å². The molecular formula is C15H23FN2O2. The predicted octanol–water partition coefficient (Wildman–Crippen LogP) is 2.08. The number of halogens is 1. The van der Waals surface area contributed by atoms with E-state index >= 15 is 0 Å². The van der Waals surface area contributed by atoms with Gasteiger partial charge in [0.25, 0.3) is 0 Å². The maximum atomic E-state index is 12.9.